The summed E-state index contributed by atoms with van der Waals surface area (Å²) in [5, 5.41) is 24.8. The number of rotatable bonds is 5. The standard InChI is InChI=1S/C21H14N4O6/c1-12-6-7-19-18(8-12)23-21(31-19)16-4-2-3-5-17(16)22-20(26)13-9-14(24(27)28)11-15(10-13)25(29)30/h2-11H,1H3,(H,22,26). The normalized spacial score (nSPS) is 10.7. The summed E-state index contributed by atoms with van der Waals surface area (Å²) in [5.74, 6) is -0.465. The minimum atomic E-state index is -0.794. The SMILES string of the molecule is Cc1ccc2oc(-c3ccccc3NC(=O)c3cc([N+](=O)[O-])cc([N+](=O)[O-])c3)nc2c1. The average Bonchev–Trinajstić information content (AvgIpc) is 3.16. The van der Waals surface area contributed by atoms with E-state index < -0.39 is 27.1 Å². The zero-order valence-electron chi connectivity index (χ0n) is 16.1. The van der Waals surface area contributed by atoms with Crippen molar-refractivity contribution in [1.82, 2.24) is 4.98 Å². The number of para-hydroxylation sites is 1. The van der Waals surface area contributed by atoms with Crippen molar-refractivity contribution in [3.05, 3.63) is 92.0 Å². The van der Waals surface area contributed by atoms with Gasteiger partial charge in [0.25, 0.3) is 17.3 Å². The number of oxazole rings is 1. The minimum absolute atomic E-state index is 0.219. The van der Waals surface area contributed by atoms with Gasteiger partial charge in [-0.1, -0.05) is 18.2 Å². The van der Waals surface area contributed by atoms with Gasteiger partial charge in [-0.05, 0) is 36.8 Å². The summed E-state index contributed by atoms with van der Waals surface area (Å²) in [5.41, 5.74) is 1.75. The summed E-state index contributed by atoms with van der Waals surface area (Å²) in [4.78, 5) is 37.8. The molecule has 4 rings (SSSR count). The van der Waals surface area contributed by atoms with Gasteiger partial charge in [-0.25, -0.2) is 4.98 Å². The fourth-order valence-electron chi connectivity index (χ4n) is 3.06. The van der Waals surface area contributed by atoms with Crippen LogP contribution in [0.15, 0.2) is 65.1 Å². The molecule has 0 bridgehead atoms. The van der Waals surface area contributed by atoms with E-state index in [0.29, 0.717) is 22.4 Å². The molecule has 10 nitrogen and oxygen atoms in total. The molecule has 154 valence electrons. The van der Waals surface area contributed by atoms with Gasteiger partial charge >= 0.3 is 0 Å². The first kappa shape index (κ1) is 19.7. The van der Waals surface area contributed by atoms with Crippen molar-refractivity contribution in [2.24, 2.45) is 0 Å². The number of aromatic nitrogens is 1. The lowest BCUT2D eigenvalue weighted by Gasteiger charge is -2.09. The van der Waals surface area contributed by atoms with Crippen molar-refractivity contribution >= 4 is 34.1 Å². The Balaban J connectivity index is 1.71. The predicted molar refractivity (Wildman–Crippen MR) is 112 cm³/mol. The van der Waals surface area contributed by atoms with Gasteiger partial charge in [-0.3, -0.25) is 25.0 Å². The van der Waals surface area contributed by atoms with E-state index in [9.17, 15) is 25.0 Å². The van der Waals surface area contributed by atoms with Crippen LogP contribution < -0.4 is 5.32 Å². The van der Waals surface area contributed by atoms with E-state index >= 15 is 0 Å². The van der Waals surface area contributed by atoms with Crippen LogP contribution in [-0.2, 0) is 0 Å². The Morgan fingerprint density at radius 1 is 0.968 bits per heavy atom. The maximum absolute atomic E-state index is 12.8. The van der Waals surface area contributed by atoms with Crippen LogP contribution in [0.5, 0.6) is 0 Å². The molecule has 1 heterocycles. The summed E-state index contributed by atoms with van der Waals surface area (Å²) in [6, 6.07) is 15.0. The topological polar surface area (TPSA) is 141 Å². The third kappa shape index (κ3) is 3.94. The molecule has 0 aliphatic rings. The summed E-state index contributed by atoms with van der Waals surface area (Å²) in [6.45, 7) is 1.93. The van der Waals surface area contributed by atoms with E-state index in [1.807, 2.05) is 19.1 Å². The second-order valence-electron chi connectivity index (χ2n) is 6.74. The van der Waals surface area contributed by atoms with Gasteiger partial charge in [0.1, 0.15) is 5.52 Å². The van der Waals surface area contributed by atoms with Crippen LogP contribution in [0.1, 0.15) is 15.9 Å². The van der Waals surface area contributed by atoms with E-state index in [2.05, 4.69) is 10.3 Å². The zero-order valence-corrected chi connectivity index (χ0v) is 16.1. The van der Waals surface area contributed by atoms with Gasteiger partial charge < -0.3 is 9.73 Å². The van der Waals surface area contributed by atoms with E-state index in [0.717, 1.165) is 23.8 Å². The van der Waals surface area contributed by atoms with Crippen LogP contribution in [0.25, 0.3) is 22.6 Å². The molecule has 31 heavy (non-hydrogen) atoms. The Morgan fingerprint density at radius 2 is 1.65 bits per heavy atom. The maximum Gasteiger partial charge on any atom is 0.277 e. The van der Waals surface area contributed by atoms with Crippen LogP contribution >= 0.6 is 0 Å². The molecule has 1 N–H and O–H groups in total. The van der Waals surface area contributed by atoms with E-state index in [1.54, 1.807) is 30.3 Å². The molecule has 0 saturated heterocycles. The number of non-ortho nitro benzene ring substituents is 2. The highest BCUT2D eigenvalue weighted by Gasteiger charge is 2.21. The first-order chi connectivity index (χ1) is 14.8. The number of anilines is 1. The number of benzene rings is 3. The second kappa shape index (κ2) is 7.67. The Kier molecular flexibility index (Phi) is 4.88. The Bertz CT molecular complexity index is 1330. The fraction of sp³-hybridized carbons (Fsp3) is 0.0476. The summed E-state index contributed by atoms with van der Waals surface area (Å²) in [6.07, 6.45) is 0. The lowest BCUT2D eigenvalue weighted by Crippen LogP contribution is -2.13. The molecule has 0 fully saturated rings. The highest BCUT2D eigenvalue weighted by atomic mass is 16.6. The summed E-state index contributed by atoms with van der Waals surface area (Å²) in [7, 11) is 0. The highest BCUT2D eigenvalue weighted by molar-refractivity contribution is 6.06. The quantitative estimate of drug-likeness (QED) is 0.360. The number of fused-ring (bicyclic) bond motifs is 1. The van der Waals surface area contributed by atoms with Gasteiger partial charge in [-0.2, -0.15) is 0 Å². The van der Waals surface area contributed by atoms with E-state index in [4.69, 9.17) is 4.42 Å². The first-order valence-electron chi connectivity index (χ1n) is 9.03. The minimum Gasteiger partial charge on any atom is -0.436 e. The molecule has 0 radical (unpaired) electrons. The predicted octanol–water partition coefficient (Wildman–Crippen LogP) is 4.87. The molecular weight excluding hydrogens is 404 g/mol. The molecule has 3 aromatic carbocycles. The Hall–Kier alpha value is -4.60. The van der Waals surface area contributed by atoms with Crippen LogP contribution in [0, 0.1) is 27.2 Å². The van der Waals surface area contributed by atoms with E-state index in [1.165, 1.54) is 0 Å². The molecule has 0 aliphatic carbocycles. The van der Waals surface area contributed by atoms with Crippen molar-refractivity contribution in [3.63, 3.8) is 0 Å². The van der Waals surface area contributed by atoms with Crippen molar-refractivity contribution < 1.29 is 19.1 Å². The number of nitro benzene ring substituents is 2. The summed E-state index contributed by atoms with van der Waals surface area (Å²) >= 11 is 0. The van der Waals surface area contributed by atoms with Gasteiger partial charge in [0.2, 0.25) is 5.89 Å². The molecule has 0 spiro atoms. The molecule has 0 aliphatic heterocycles. The smallest absolute Gasteiger partial charge is 0.277 e. The molecule has 1 amide bonds. The number of nitrogens with zero attached hydrogens (tertiary/aromatic N) is 3. The zero-order chi connectivity index (χ0) is 22.1. The lowest BCUT2D eigenvalue weighted by molar-refractivity contribution is -0.394. The summed E-state index contributed by atoms with van der Waals surface area (Å²) < 4.78 is 5.80. The van der Waals surface area contributed by atoms with Crippen molar-refractivity contribution in [2.45, 2.75) is 6.92 Å². The number of hydrogen-bond acceptors (Lipinski definition) is 7. The molecule has 0 unspecified atom stereocenters. The van der Waals surface area contributed by atoms with Crippen LogP contribution in [-0.4, -0.2) is 20.7 Å². The number of aryl methyl sites for hydroxylation is 1. The van der Waals surface area contributed by atoms with Gasteiger partial charge in [0, 0.05) is 12.1 Å². The van der Waals surface area contributed by atoms with Gasteiger partial charge in [0.05, 0.1) is 32.7 Å². The second-order valence-corrected chi connectivity index (χ2v) is 6.74. The first-order valence-corrected chi connectivity index (χ1v) is 9.03. The Morgan fingerprint density at radius 3 is 2.32 bits per heavy atom. The van der Waals surface area contributed by atoms with Crippen LogP contribution in [0.3, 0.4) is 0 Å². The molecule has 0 saturated carbocycles. The van der Waals surface area contributed by atoms with Crippen molar-refractivity contribution in [1.29, 1.82) is 0 Å². The molecule has 1 aromatic heterocycles. The molecule has 0 atom stereocenters. The average molecular weight is 418 g/mol. The van der Waals surface area contributed by atoms with Crippen LogP contribution in [0.4, 0.5) is 17.1 Å². The number of nitro groups is 2. The molecular formula is C21H14N4O6. The number of hydrogen-bond donors (Lipinski definition) is 1. The number of nitrogens with one attached hydrogen (secondary N) is 1. The number of carbonyl (C=O) groups is 1. The third-order valence-electron chi connectivity index (χ3n) is 4.54. The van der Waals surface area contributed by atoms with Gasteiger partial charge in [0.15, 0.2) is 5.58 Å². The molecule has 10 heteroatoms. The van der Waals surface area contributed by atoms with Crippen LogP contribution in [0.2, 0.25) is 0 Å². The highest BCUT2D eigenvalue weighted by Crippen LogP contribution is 2.31. The van der Waals surface area contributed by atoms with Gasteiger partial charge in [-0.15, -0.1) is 0 Å². The third-order valence-corrected chi connectivity index (χ3v) is 4.54. The maximum atomic E-state index is 12.8. The van der Waals surface area contributed by atoms with Crippen molar-refractivity contribution in [2.75, 3.05) is 5.32 Å². The van der Waals surface area contributed by atoms with E-state index in [-0.39, 0.29) is 11.5 Å². The number of amides is 1. The lowest BCUT2D eigenvalue weighted by atomic mass is 10.1. The monoisotopic (exact) mass is 418 g/mol. The Labute approximate surface area is 174 Å². The number of carbonyl (C=O) groups excluding carboxylic acids is 1. The van der Waals surface area contributed by atoms with Crippen molar-refractivity contribution in [3.8, 4) is 11.5 Å². The largest absolute Gasteiger partial charge is 0.436 e. The fourth-order valence-corrected chi connectivity index (χ4v) is 3.06. The molecule has 4 aromatic rings.